The molecule has 0 aliphatic rings. The summed E-state index contributed by atoms with van der Waals surface area (Å²) in [4.78, 5) is 20.7. The molecule has 1 amide bonds. The van der Waals surface area contributed by atoms with Gasteiger partial charge in [-0.1, -0.05) is 30.3 Å². The molecule has 4 rings (SSSR count). The van der Waals surface area contributed by atoms with E-state index < -0.39 is 12.5 Å². The number of fused-ring (bicyclic) bond motifs is 1. The highest BCUT2D eigenvalue weighted by molar-refractivity contribution is 6.06. The number of carbonyl (C=O) groups is 1. The molecule has 0 aliphatic carbocycles. The van der Waals surface area contributed by atoms with Crippen molar-refractivity contribution in [2.24, 2.45) is 7.05 Å². The Balaban J connectivity index is 1.81. The lowest BCUT2D eigenvalue weighted by atomic mass is 10.1. The average molecular weight is 394 g/mol. The number of pyridine rings is 1. The van der Waals surface area contributed by atoms with Crippen molar-refractivity contribution < 1.29 is 18.3 Å². The monoisotopic (exact) mass is 394 g/mol. The number of hydrogen-bond acceptors (Lipinski definition) is 4. The molecule has 1 N–H and O–H groups in total. The molecular formula is C21H16F2N4O2. The van der Waals surface area contributed by atoms with E-state index in [1.807, 2.05) is 17.7 Å². The number of alkyl halides is 2. The lowest BCUT2D eigenvalue weighted by Crippen LogP contribution is -2.15. The van der Waals surface area contributed by atoms with Gasteiger partial charge in [0, 0.05) is 35.1 Å². The molecule has 0 fully saturated rings. The summed E-state index contributed by atoms with van der Waals surface area (Å²) in [5.41, 5.74) is 1.95. The number of aromatic nitrogens is 3. The van der Waals surface area contributed by atoms with E-state index in [0.29, 0.717) is 16.3 Å². The molecule has 0 spiro atoms. The molecule has 0 radical (unpaired) electrons. The number of aryl methyl sites for hydroxylation is 1. The Bertz CT molecular complexity index is 1180. The Morgan fingerprint density at radius 3 is 2.62 bits per heavy atom. The lowest BCUT2D eigenvalue weighted by molar-refractivity contribution is -0.0485. The number of anilines is 1. The highest BCUT2D eigenvalue weighted by atomic mass is 19.3. The molecular weight excluding hydrogens is 378 g/mol. The van der Waals surface area contributed by atoms with Crippen molar-refractivity contribution in [1.82, 2.24) is 14.5 Å². The highest BCUT2D eigenvalue weighted by Gasteiger charge is 2.19. The highest BCUT2D eigenvalue weighted by Crippen LogP contribution is 2.36. The topological polar surface area (TPSA) is 69.0 Å². The smallest absolute Gasteiger partial charge is 0.387 e. The van der Waals surface area contributed by atoms with Crippen LogP contribution in [0.1, 0.15) is 10.4 Å². The van der Waals surface area contributed by atoms with Crippen LogP contribution in [0.25, 0.3) is 22.0 Å². The number of rotatable bonds is 5. The Labute approximate surface area is 164 Å². The molecule has 0 saturated carbocycles. The van der Waals surface area contributed by atoms with Gasteiger partial charge in [-0.2, -0.15) is 8.78 Å². The van der Waals surface area contributed by atoms with Crippen molar-refractivity contribution in [3.63, 3.8) is 0 Å². The van der Waals surface area contributed by atoms with Crippen LogP contribution in [0.2, 0.25) is 0 Å². The van der Waals surface area contributed by atoms with Crippen LogP contribution in [0.5, 0.6) is 5.75 Å². The van der Waals surface area contributed by atoms with Gasteiger partial charge in [-0.15, -0.1) is 0 Å². The zero-order valence-electron chi connectivity index (χ0n) is 15.3. The van der Waals surface area contributed by atoms with E-state index in [2.05, 4.69) is 15.3 Å². The third-order valence-corrected chi connectivity index (χ3v) is 4.43. The number of imidazole rings is 1. The van der Waals surface area contributed by atoms with Crippen molar-refractivity contribution in [2.45, 2.75) is 6.61 Å². The minimum absolute atomic E-state index is 0.0752. The zero-order chi connectivity index (χ0) is 20.4. The second-order valence-corrected chi connectivity index (χ2v) is 6.33. The fraction of sp³-hybridized carbons (Fsp3) is 0.0952. The van der Waals surface area contributed by atoms with Gasteiger partial charge in [0.05, 0.1) is 18.2 Å². The van der Waals surface area contributed by atoms with E-state index in [1.165, 1.54) is 6.20 Å². The van der Waals surface area contributed by atoms with Crippen LogP contribution in [0, 0.1) is 0 Å². The molecule has 29 heavy (non-hydrogen) atoms. The molecule has 0 saturated heterocycles. The van der Waals surface area contributed by atoms with Gasteiger partial charge in [-0.25, -0.2) is 9.97 Å². The first kappa shape index (κ1) is 18.5. The fourth-order valence-electron chi connectivity index (χ4n) is 3.05. The van der Waals surface area contributed by atoms with Gasteiger partial charge in [0.25, 0.3) is 5.91 Å². The van der Waals surface area contributed by atoms with Crippen LogP contribution in [0.4, 0.5) is 14.6 Å². The quantitative estimate of drug-likeness (QED) is 0.542. The second-order valence-electron chi connectivity index (χ2n) is 6.33. The van der Waals surface area contributed by atoms with Crippen molar-refractivity contribution in [2.75, 3.05) is 5.32 Å². The van der Waals surface area contributed by atoms with Gasteiger partial charge in [-0.3, -0.25) is 4.79 Å². The Hall–Kier alpha value is -3.81. The Morgan fingerprint density at radius 1 is 1.14 bits per heavy atom. The Morgan fingerprint density at radius 2 is 1.93 bits per heavy atom. The van der Waals surface area contributed by atoms with Gasteiger partial charge < -0.3 is 14.6 Å². The third kappa shape index (κ3) is 3.77. The molecule has 8 heteroatoms. The molecule has 0 aliphatic heterocycles. The van der Waals surface area contributed by atoms with Gasteiger partial charge in [0.1, 0.15) is 0 Å². The lowest BCUT2D eigenvalue weighted by Gasteiger charge is -2.14. The van der Waals surface area contributed by atoms with Gasteiger partial charge in [0.15, 0.2) is 11.6 Å². The first-order chi connectivity index (χ1) is 14.0. The standard InChI is InChI=1S/C21H16F2N4O2/c1-27-12-24-11-17(27)14-7-8-15-10-25-19(18(16(15)9-14)29-21(22)23)26-20(28)13-5-3-2-4-6-13/h2-12,21H,1H3,(H,25,26,28). The molecule has 0 bridgehead atoms. The molecule has 4 aromatic rings. The normalized spacial score (nSPS) is 11.0. The van der Waals surface area contributed by atoms with Crippen LogP contribution in [-0.4, -0.2) is 27.1 Å². The maximum atomic E-state index is 13.2. The summed E-state index contributed by atoms with van der Waals surface area (Å²) in [6.07, 6.45) is 4.82. The van der Waals surface area contributed by atoms with E-state index in [1.54, 1.807) is 55.0 Å². The Kier molecular flexibility index (Phi) is 4.90. The minimum atomic E-state index is -3.07. The van der Waals surface area contributed by atoms with E-state index in [9.17, 15) is 13.6 Å². The minimum Gasteiger partial charge on any atom is -0.430 e. The van der Waals surface area contributed by atoms with Gasteiger partial charge in [-0.05, 0) is 18.2 Å². The number of amides is 1. The molecule has 0 unspecified atom stereocenters. The number of carbonyl (C=O) groups excluding carboxylic acids is 1. The van der Waals surface area contributed by atoms with Crippen LogP contribution in [-0.2, 0) is 7.05 Å². The van der Waals surface area contributed by atoms with Crippen LogP contribution >= 0.6 is 0 Å². The largest absolute Gasteiger partial charge is 0.430 e. The van der Waals surface area contributed by atoms with E-state index in [0.717, 1.165) is 11.3 Å². The van der Waals surface area contributed by atoms with E-state index in [4.69, 9.17) is 4.74 Å². The number of nitrogens with zero attached hydrogens (tertiary/aromatic N) is 3. The summed E-state index contributed by atoms with van der Waals surface area (Å²) in [5, 5.41) is 3.57. The predicted molar refractivity (Wildman–Crippen MR) is 105 cm³/mol. The van der Waals surface area contributed by atoms with Crippen LogP contribution in [0.3, 0.4) is 0 Å². The van der Waals surface area contributed by atoms with Crippen molar-refractivity contribution in [1.29, 1.82) is 0 Å². The molecule has 2 aromatic carbocycles. The van der Waals surface area contributed by atoms with E-state index in [-0.39, 0.29) is 11.6 Å². The number of nitrogens with one attached hydrogen (secondary N) is 1. The zero-order valence-corrected chi connectivity index (χ0v) is 15.3. The van der Waals surface area contributed by atoms with E-state index >= 15 is 0 Å². The maximum absolute atomic E-state index is 13.2. The maximum Gasteiger partial charge on any atom is 0.387 e. The predicted octanol–water partition coefficient (Wildman–Crippen LogP) is 4.49. The van der Waals surface area contributed by atoms with Gasteiger partial charge >= 0.3 is 6.61 Å². The molecule has 2 heterocycles. The number of ether oxygens (including phenoxy) is 1. The molecule has 146 valence electrons. The van der Waals surface area contributed by atoms with Crippen molar-refractivity contribution in [3.05, 3.63) is 72.8 Å². The summed E-state index contributed by atoms with van der Waals surface area (Å²) < 4.78 is 32.9. The van der Waals surface area contributed by atoms with Gasteiger partial charge in [0.2, 0.25) is 0 Å². The molecule has 2 aromatic heterocycles. The average Bonchev–Trinajstić information content (AvgIpc) is 3.15. The summed E-state index contributed by atoms with van der Waals surface area (Å²) >= 11 is 0. The van der Waals surface area contributed by atoms with Crippen LogP contribution < -0.4 is 10.1 Å². The summed E-state index contributed by atoms with van der Waals surface area (Å²) in [6, 6.07) is 13.7. The number of benzene rings is 2. The SMILES string of the molecule is Cn1cncc1-c1ccc2cnc(NC(=O)c3ccccc3)c(OC(F)F)c2c1. The molecule has 6 nitrogen and oxygen atoms in total. The van der Waals surface area contributed by atoms with Crippen LogP contribution in [0.15, 0.2) is 67.3 Å². The van der Waals surface area contributed by atoms with Crippen molar-refractivity contribution >= 4 is 22.5 Å². The summed E-state index contributed by atoms with van der Waals surface area (Å²) in [5.74, 6) is -0.737. The summed E-state index contributed by atoms with van der Waals surface area (Å²) in [6.45, 7) is -3.07. The first-order valence-electron chi connectivity index (χ1n) is 8.73. The number of hydrogen-bond donors (Lipinski definition) is 1. The third-order valence-electron chi connectivity index (χ3n) is 4.43. The summed E-state index contributed by atoms with van der Waals surface area (Å²) in [7, 11) is 1.83. The number of halogens is 2. The second kappa shape index (κ2) is 7.67. The first-order valence-corrected chi connectivity index (χ1v) is 8.73. The molecule has 0 atom stereocenters. The fourth-order valence-corrected chi connectivity index (χ4v) is 3.05. The van der Waals surface area contributed by atoms with Crippen molar-refractivity contribution in [3.8, 4) is 17.0 Å².